The molecule has 4 aromatic rings. The molecule has 0 radical (unpaired) electrons. The fraction of sp³-hybridized carbons (Fsp3) is 0.143. The molecule has 0 spiro atoms. The van der Waals surface area contributed by atoms with Crippen LogP contribution in [0, 0.1) is 22.7 Å². The Morgan fingerprint density at radius 3 is 2.43 bits per heavy atom. The summed E-state index contributed by atoms with van der Waals surface area (Å²) in [6.45, 7) is -0.147. The second kappa shape index (κ2) is 9.40. The number of carbonyl (C=O) groups is 2. The number of nitriles is 2. The van der Waals surface area contributed by atoms with E-state index in [4.69, 9.17) is 4.74 Å². The highest BCUT2D eigenvalue weighted by atomic mass is 16.5. The SMILES string of the molecule is CN(C(=O)O)[C@H]1COc2ccccc2N(Cc2c(C#N)n(-c3ccccc3C#N)c3ccccc23)C1=O. The van der Waals surface area contributed by atoms with Gasteiger partial charge >= 0.3 is 6.09 Å². The molecular formula is C28H21N5O4. The maximum atomic E-state index is 13.8. The number of hydrogen-bond acceptors (Lipinski definition) is 5. The van der Waals surface area contributed by atoms with Gasteiger partial charge in [-0.25, -0.2) is 4.79 Å². The second-order valence-corrected chi connectivity index (χ2v) is 8.53. The van der Waals surface area contributed by atoms with E-state index in [0.29, 0.717) is 33.8 Å². The molecule has 3 aromatic carbocycles. The molecule has 0 saturated carbocycles. The van der Waals surface area contributed by atoms with Crippen molar-refractivity contribution in [1.82, 2.24) is 9.47 Å². The Bertz CT molecular complexity index is 1630. The zero-order valence-corrected chi connectivity index (χ0v) is 19.8. The lowest BCUT2D eigenvalue weighted by atomic mass is 10.1. The molecule has 0 unspecified atom stereocenters. The zero-order valence-electron chi connectivity index (χ0n) is 19.8. The summed E-state index contributed by atoms with van der Waals surface area (Å²) in [5, 5.41) is 30.3. The van der Waals surface area contributed by atoms with E-state index in [1.54, 1.807) is 53.1 Å². The van der Waals surface area contributed by atoms with E-state index in [1.807, 2.05) is 24.3 Å². The van der Waals surface area contributed by atoms with Crippen molar-refractivity contribution in [3.8, 4) is 23.6 Å². The van der Waals surface area contributed by atoms with Gasteiger partial charge in [0.2, 0.25) is 0 Å². The third kappa shape index (κ3) is 3.89. The Kier molecular flexibility index (Phi) is 5.96. The highest BCUT2D eigenvalue weighted by molar-refractivity contribution is 6.01. The molecular weight excluding hydrogens is 470 g/mol. The van der Waals surface area contributed by atoms with Crippen molar-refractivity contribution >= 4 is 28.6 Å². The highest BCUT2D eigenvalue weighted by Crippen LogP contribution is 2.36. The highest BCUT2D eigenvalue weighted by Gasteiger charge is 2.37. The maximum Gasteiger partial charge on any atom is 0.407 e. The Balaban J connectivity index is 1.72. The average Bonchev–Trinajstić information content (AvgIpc) is 3.16. The van der Waals surface area contributed by atoms with Crippen molar-refractivity contribution in [2.24, 2.45) is 0 Å². The number of aromatic nitrogens is 1. The van der Waals surface area contributed by atoms with Crippen molar-refractivity contribution in [2.75, 3.05) is 18.6 Å². The lowest BCUT2D eigenvalue weighted by Crippen LogP contribution is -2.50. The number of amides is 2. The third-order valence-corrected chi connectivity index (χ3v) is 6.54. The minimum absolute atomic E-state index is 0.00566. The number of benzene rings is 3. The molecule has 1 aliphatic rings. The molecule has 1 N–H and O–H groups in total. The minimum Gasteiger partial charge on any atom is -0.489 e. The molecule has 0 bridgehead atoms. The first kappa shape index (κ1) is 23.5. The summed E-state index contributed by atoms with van der Waals surface area (Å²) in [4.78, 5) is 27.9. The lowest BCUT2D eigenvalue weighted by molar-refractivity contribution is -0.123. The quantitative estimate of drug-likeness (QED) is 0.455. The van der Waals surface area contributed by atoms with Crippen LogP contribution in [0.15, 0.2) is 72.8 Å². The van der Waals surface area contributed by atoms with E-state index >= 15 is 0 Å². The monoisotopic (exact) mass is 491 g/mol. The normalized spacial score (nSPS) is 14.7. The fourth-order valence-corrected chi connectivity index (χ4v) is 4.67. The summed E-state index contributed by atoms with van der Waals surface area (Å²) in [7, 11) is 1.33. The molecule has 37 heavy (non-hydrogen) atoms. The van der Waals surface area contributed by atoms with E-state index in [1.165, 1.54) is 11.9 Å². The van der Waals surface area contributed by atoms with E-state index in [0.717, 1.165) is 10.3 Å². The van der Waals surface area contributed by atoms with Gasteiger partial charge in [-0.05, 0) is 30.3 Å². The summed E-state index contributed by atoms with van der Waals surface area (Å²) in [5.74, 6) is -0.0257. The zero-order chi connectivity index (χ0) is 26.1. The number of likely N-dealkylation sites (N-methyl/N-ethyl adjacent to an activating group) is 1. The van der Waals surface area contributed by atoms with E-state index < -0.39 is 18.0 Å². The molecule has 1 aromatic heterocycles. The van der Waals surface area contributed by atoms with Crippen molar-refractivity contribution in [3.05, 3.63) is 89.6 Å². The Morgan fingerprint density at radius 2 is 1.70 bits per heavy atom. The Labute approximate surface area is 212 Å². The predicted octanol–water partition coefficient (Wildman–Crippen LogP) is 4.28. The van der Waals surface area contributed by atoms with Crippen LogP contribution in [-0.2, 0) is 11.3 Å². The summed E-state index contributed by atoms with van der Waals surface area (Å²) in [6, 6.07) is 24.8. The van der Waals surface area contributed by atoms with Crippen LogP contribution in [0.25, 0.3) is 16.6 Å². The average molecular weight is 492 g/mol. The van der Waals surface area contributed by atoms with Gasteiger partial charge < -0.3 is 14.7 Å². The van der Waals surface area contributed by atoms with Gasteiger partial charge in [0, 0.05) is 18.0 Å². The van der Waals surface area contributed by atoms with Crippen LogP contribution in [0.1, 0.15) is 16.8 Å². The molecule has 5 rings (SSSR count). The number of ether oxygens (including phenoxy) is 1. The van der Waals surface area contributed by atoms with Gasteiger partial charge in [0.05, 0.1) is 29.0 Å². The van der Waals surface area contributed by atoms with Gasteiger partial charge in [0.1, 0.15) is 36.2 Å². The fourth-order valence-electron chi connectivity index (χ4n) is 4.67. The number of rotatable bonds is 4. The van der Waals surface area contributed by atoms with Gasteiger partial charge in [-0.1, -0.05) is 42.5 Å². The van der Waals surface area contributed by atoms with E-state index in [2.05, 4.69) is 12.1 Å². The van der Waals surface area contributed by atoms with Crippen LogP contribution < -0.4 is 9.64 Å². The Morgan fingerprint density at radius 1 is 1.03 bits per heavy atom. The molecule has 0 saturated heterocycles. The number of nitrogens with zero attached hydrogens (tertiary/aromatic N) is 5. The van der Waals surface area contributed by atoms with Crippen LogP contribution >= 0.6 is 0 Å². The first-order chi connectivity index (χ1) is 18.0. The van der Waals surface area contributed by atoms with Crippen LogP contribution in [-0.4, -0.2) is 46.3 Å². The summed E-state index contributed by atoms with van der Waals surface area (Å²) in [5.41, 5.74) is 3.00. The van der Waals surface area contributed by atoms with Crippen molar-refractivity contribution < 1.29 is 19.4 Å². The summed E-state index contributed by atoms with van der Waals surface area (Å²) < 4.78 is 7.58. The molecule has 9 heteroatoms. The van der Waals surface area contributed by atoms with Crippen LogP contribution in [0.3, 0.4) is 0 Å². The molecule has 2 amide bonds. The number of fused-ring (bicyclic) bond motifs is 2. The molecule has 9 nitrogen and oxygen atoms in total. The van der Waals surface area contributed by atoms with Crippen molar-refractivity contribution in [2.45, 2.75) is 12.6 Å². The van der Waals surface area contributed by atoms with Gasteiger partial charge in [-0.15, -0.1) is 0 Å². The number of hydrogen-bond donors (Lipinski definition) is 1. The third-order valence-electron chi connectivity index (χ3n) is 6.54. The lowest BCUT2D eigenvalue weighted by Gasteiger charge is -2.28. The smallest absolute Gasteiger partial charge is 0.407 e. The van der Waals surface area contributed by atoms with Crippen LogP contribution in [0.4, 0.5) is 10.5 Å². The molecule has 182 valence electrons. The van der Waals surface area contributed by atoms with E-state index in [9.17, 15) is 25.2 Å². The largest absolute Gasteiger partial charge is 0.489 e. The molecule has 0 aliphatic carbocycles. The number of carbonyl (C=O) groups excluding carboxylic acids is 1. The number of carboxylic acid groups (broad SMARTS) is 1. The number of anilines is 1. The van der Waals surface area contributed by atoms with Crippen LogP contribution in [0.2, 0.25) is 0 Å². The first-order valence-corrected chi connectivity index (χ1v) is 11.5. The van der Waals surface area contributed by atoms with Crippen molar-refractivity contribution in [1.29, 1.82) is 10.5 Å². The first-order valence-electron chi connectivity index (χ1n) is 11.5. The molecule has 1 aliphatic heterocycles. The topological polar surface area (TPSA) is 123 Å². The second-order valence-electron chi connectivity index (χ2n) is 8.53. The molecule has 0 fully saturated rings. The Hall–Kier alpha value is -5.28. The van der Waals surface area contributed by atoms with Gasteiger partial charge in [0.15, 0.2) is 0 Å². The van der Waals surface area contributed by atoms with Gasteiger partial charge in [0.25, 0.3) is 5.91 Å². The van der Waals surface area contributed by atoms with Gasteiger partial charge in [-0.2, -0.15) is 10.5 Å². The van der Waals surface area contributed by atoms with E-state index in [-0.39, 0.29) is 18.8 Å². The minimum atomic E-state index is -1.25. The standard InChI is InChI=1S/C28H21N5O4/c1-31(28(35)36)25-17-37-26-13-7-6-12-23(26)32(27(25)34)16-20-19-9-3-5-11-22(19)33(24(20)15-30)21-10-4-2-8-18(21)14-29/h2-13,25H,16-17H2,1H3,(H,35,36)/t25-/m0/s1. The molecule has 1 atom stereocenters. The maximum absolute atomic E-state index is 13.8. The van der Waals surface area contributed by atoms with Crippen LogP contribution in [0.5, 0.6) is 5.75 Å². The summed E-state index contributed by atoms with van der Waals surface area (Å²) >= 11 is 0. The predicted molar refractivity (Wildman–Crippen MR) is 135 cm³/mol. The summed E-state index contributed by atoms with van der Waals surface area (Å²) in [6.07, 6.45) is -1.25. The molecule has 2 heterocycles. The number of para-hydroxylation sites is 4. The van der Waals surface area contributed by atoms with Crippen molar-refractivity contribution in [3.63, 3.8) is 0 Å². The van der Waals surface area contributed by atoms with Gasteiger partial charge in [-0.3, -0.25) is 14.3 Å².